The molecule has 2 saturated carbocycles. The molecule has 2 rings (SSSR count). The second kappa shape index (κ2) is 14.1. The van der Waals surface area contributed by atoms with Crippen molar-refractivity contribution >= 4 is 5.91 Å². The molecule has 0 bridgehead atoms. The van der Waals surface area contributed by atoms with Gasteiger partial charge in [-0.2, -0.15) is 0 Å². The zero-order valence-electron chi connectivity index (χ0n) is 14.3. The smallest absolute Gasteiger partial charge is 0.386 e. The number of nitrogens with one attached hydrogen (secondary N) is 1. The first-order valence-electron chi connectivity index (χ1n) is 7.43. The zero-order chi connectivity index (χ0) is 14.1. The maximum absolute atomic E-state index is 11.6. The number of carbonyl (C=O) groups is 1. The minimum absolute atomic E-state index is 0. The molecule has 0 aromatic rings. The summed E-state index contributed by atoms with van der Waals surface area (Å²) in [5, 5.41) is 11.5. The zero-order valence-corrected chi connectivity index (χ0v) is 15.4. The predicted octanol–water partition coefficient (Wildman–Crippen LogP) is 3.77. The largest absolute Gasteiger partial charge is 2.00 e. The molecule has 5 heteroatoms. The molecule has 4 nitrogen and oxygen atoms in total. The third-order valence-electron chi connectivity index (χ3n) is 3.92. The van der Waals surface area contributed by atoms with Gasteiger partial charge in [-0.1, -0.05) is 44.9 Å². The van der Waals surface area contributed by atoms with Gasteiger partial charge in [-0.25, -0.2) is 6.57 Å². The van der Waals surface area contributed by atoms with Crippen LogP contribution in [0.15, 0.2) is 0 Å². The Morgan fingerprint density at radius 1 is 1.14 bits per heavy atom. The molecule has 1 atom stereocenters. The number of carbonyl (C=O) groups excluding carboxylic acids is 1. The van der Waals surface area contributed by atoms with E-state index in [1.165, 1.54) is 39.0 Å². The van der Waals surface area contributed by atoms with E-state index in [0.29, 0.717) is 0 Å². The van der Waals surface area contributed by atoms with Crippen LogP contribution < -0.4 is 5.32 Å². The molecule has 2 fully saturated rings. The fourth-order valence-electron chi connectivity index (χ4n) is 2.54. The predicted molar refractivity (Wildman–Crippen MR) is 88.1 cm³/mol. The van der Waals surface area contributed by atoms with Crippen LogP contribution in [0.2, 0.25) is 0 Å². The van der Waals surface area contributed by atoms with Crippen LogP contribution in [0, 0.1) is 27.3 Å². The number of amides is 1. The van der Waals surface area contributed by atoms with Crippen LogP contribution in [-0.4, -0.2) is 23.3 Å². The molecule has 22 heavy (non-hydrogen) atoms. The van der Waals surface area contributed by atoms with E-state index in [1.54, 1.807) is 0 Å². The van der Waals surface area contributed by atoms with Crippen LogP contribution in [0.1, 0.15) is 64.7 Å². The Morgan fingerprint density at radius 3 is 1.86 bits per heavy atom. The summed E-state index contributed by atoms with van der Waals surface area (Å²) in [4.78, 5) is 14.8. The van der Waals surface area contributed by atoms with Gasteiger partial charge in [0.2, 0.25) is 5.91 Å². The van der Waals surface area contributed by atoms with Crippen molar-refractivity contribution in [2.45, 2.75) is 70.4 Å². The molecule has 0 spiro atoms. The summed E-state index contributed by atoms with van der Waals surface area (Å²) in [6.45, 7) is 8.07. The summed E-state index contributed by atoms with van der Waals surface area (Å²) in [6.07, 6.45) is 11.5. The van der Waals surface area contributed by atoms with E-state index in [0.717, 1.165) is 25.7 Å². The van der Waals surface area contributed by atoms with Gasteiger partial charge in [-0.15, -0.1) is 0 Å². The first-order valence-corrected chi connectivity index (χ1v) is 7.43. The average Bonchev–Trinajstić information content (AvgIpc) is 3.13. The Bertz CT molecular complexity index is 314. The van der Waals surface area contributed by atoms with E-state index in [4.69, 9.17) is 11.7 Å². The second-order valence-corrected chi connectivity index (χ2v) is 5.78. The van der Waals surface area contributed by atoms with Crippen molar-refractivity contribution in [2.75, 3.05) is 6.61 Å². The van der Waals surface area contributed by atoms with Crippen molar-refractivity contribution in [3.8, 4) is 0 Å². The van der Waals surface area contributed by atoms with Gasteiger partial charge in [0, 0.05) is 12.8 Å². The molecule has 0 heterocycles. The summed E-state index contributed by atoms with van der Waals surface area (Å²) < 4.78 is 0. The summed E-state index contributed by atoms with van der Waals surface area (Å²) >= 11 is 0. The van der Waals surface area contributed by atoms with Crippen LogP contribution >= 0.6 is 0 Å². The van der Waals surface area contributed by atoms with Gasteiger partial charge >= 0.3 is 22.7 Å². The minimum Gasteiger partial charge on any atom is -0.386 e. The molecule has 2 aliphatic carbocycles. The SMILES string of the molecule is C1CCCC1.[C-]#[N+]C(C)(CO)NC(=O)C1CCCC1.[CH3-].[CH3-].[Fe+2]. The van der Waals surface area contributed by atoms with Crippen LogP contribution in [-0.2, 0) is 21.9 Å². The number of nitrogens with zero attached hydrogens (tertiary/aromatic N) is 1. The van der Waals surface area contributed by atoms with Crippen LogP contribution in [0.4, 0.5) is 0 Å². The topological polar surface area (TPSA) is 53.7 Å². The third kappa shape index (κ3) is 9.46. The summed E-state index contributed by atoms with van der Waals surface area (Å²) in [6, 6.07) is 0. The van der Waals surface area contributed by atoms with Crippen LogP contribution in [0.3, 0.4) is 0 Å². The number of aliphatic hydroxyl groups is 1. The van der Waals surface area contributed by atoms with Gasteiger partial charge in [-0.05, 0) is 12.8 Å². The molecule has 0 radical (unpaired) electrons. The summed E-state index contributed by atoms with van der Waals surface area (Å²) in [5.41, 5.74) is -1.14. The summed E-state index contributed by atoms with van der Waals surface area (Å²) in [5.74, 6) is -0.0438. The number of aliphatic hydroxyl groups excluding tert-OH is 1. The minimum atomic E-state index is -1.14. The van der Waals surface area contributed by atoms with Crippen molar-refractivity contribution in [3.05, 3.63) is 26.3 Å². The van der Waals surface area contributed by atoms with Crippen LogP contribution in [0.5, 0.6) is 0 Å². The third-order valence-corrected chi connectivity index (χ3v) is 3.92. The van der Waals surface area contributed by atoms with Gasteiger partial charge in [0.1, 0.15) is 6.61 Å². The van der Waals surface area contributed by atoms with E-state index in [2.05, 4.69) is 10.2 Å². The Hall–Kier alpha value is -0.561. The molecule has 1 amide bonds. The van der Waals surface area contributed by atoms with Crippen molar-refractivity contribution < 1.29 is 27.0 Å². The maximum atomic E-state index is 11.6. The van der Waals surface area contributed by atoms with Gasteiger partial charge in [0.05, 0.1) is 0 Å². The van der Waals surface area contributed by atoms with E-state index < -0.39 is 5.66 Å². The molecular formula is C17H32FeN2O2. The Balaban J connectivity index is -0.000000388. The van der Waals surface area contributed by atoms with E-state index in [-0.39, 0.29) is 50.4 Å². The fourth-order valence-corrected chi connectivity index (χ4v) is 2.54. The maximum Gasteiger partial charge on any atom is 2.00 e. The Labute approximate surface area is 147 Å². The molecule has 1 unspecified atom stereocenters. The van der Waals surface area contributed by atoms with Gasteiger partial charge in [0.15, 0.2) is 0 Å². The first-order chi connectivity index (χ1) is 9.11. The molecule has 2 N–H and O–H groups in total. The first kappa shape index (κ1) is 26.3. The average molecular weight is 352 g/mol. The van der Waals surface area contributed by atoms with Gasteiger partial charge in [0.25, 0.3) is 0 Å². The van der Waals surface area contributed by atoms with Crippen LogP contribution in [0.25, 0.3) is 4.85 Å². The second-order valence-electron chi connectivity index (χ2n) is 5.78. The fraction of sp³-hybridized carbons (Fsp3) is 0.765. The van der Waals surface area contributed by atoms with Gasteiger partial charge < -0.3 is 20.0 Å². The van der Waals surface area contributed by atoms with E-state index >= 15 is 0 Å². The van der Waals surface area contributed by atoms with Crippen molar-refractivity contribution in [1.82, 2.24) is 5.32 Å². The van der Waals surface area contributed by atoms with E-state index in [1.807, 2.05) is 0 Å². The Kier molecular flexibility index (Phi) is 16.8. The molecule has 0 aliphatic heterocycles. The number of rotatable bonds is 3. The van der Waals surface area contributed by atoms with E-state index in [9.17, 15) is 4.79 Å². The van der Waals surface area contributed by atoms with Crippen molar-refractivity contribution in [3.63, 3.8) is 0 Å². The van der Waals surface area contributed by atoms with Crippen molar-refractivity contribution in [2.24, 2.45) is 5.92 Å². The van der Waals surface area contributed by atoms with Crippen molar-refractivity contribution in [1.29, 1.82) is 0 Å². The molecular weight excluding hydrogens is 320 g/mol. The number of hydrogen-bond donors (Lipinski definition) is 2. The monoisotopic (exact) mass is 352 g/mol. The molecule has 0 aromatic heterocycles. The number of hydrogen-bond acceptors (Lipinski definition) is 2. The molecule has 130 valence electrons. The van der Waals surface area contributed by atoms with Gasteiger partial charge in [-0.3, -0.25) is 15.0 Å². The summed E-state index contributed by atoms with van der Waals surface area (Å²) in [7, 11) is 0. The molecule has 0 saturated heterocycles. The Morgan fingerprint density at radius 2 is 1.55 bits per heavy atom. The quantitative estimate of drug-likeness (QED) is 0.600. The standard InChI is InChI=1S/C10H16N2O2.C5H10.2CH3.Fe/c1-10(7-13,11-2)12-9(14)8-5-3-4-6-8;1-2-4-5-3-1;;;/h8,13H,3-7H2,1H3,(H,12,14);1-5H2;2*1H3;/q;;2*-1;+2. The normalized spacial score (nSPS) is 19.0. The molecule has 0 aromatic carbocycles. The molecule has 2 aliphatic rings.